The molecule has 114 valence electrons. The molecule has 0 bridgehead atoms. The Morgan fingerprint density at radius 1 is 1.50 bits per heavy atom. The molecule has 0 radical (unpaired) electrons. The molecule has 0 amide bonds. The fourth-order valence-electron chi connectivity index (χ4n) is 2.37. The maximum Gasteiger partial charge on any atom is 0.218 e. The van der Waals surface area contributed by atoms with E-state index in [9.17, 15) is 4.21 Å². The van der Waals surface area contributed by atoms with Gasteiger partial charge in [0.05, 0.1) is 23.4 Å². The highest BCUT2D eigenvalue weighted by Gasteiger charge is 2.17. The molecule has 7 nitrogen and oxygen atoms in total. The molecule has 2 aromatic rings. The molecule has 0 spiro atoms. The fourth-order valence-corrected chi connectivity index (χ4v) is 2.79. The van der Waals surface area contributed by atoms with Gasteiger partial charge in [-0.05, 0) is 18.9 Å². The van der Waals surface area contributed by atoms with Gasteiger partial charge in [-0.1, -0.05) is 0 Å². The lowest BCUT2D eigenvalue weighted by Crippen LogP contribution is -2.30. The Balaban J connectivity index is 2.06. The molecule has 1 unspecified atom stereocenters. The number of rotatable bonds is 3. The number of fused-ring (bicyclic) bond motifs is 1. The van der Waals surface area contributed by atoms with Crippen LogP contribution in [0.15, 0.2) is 17.4 Å². The minimum Gasteiger partial charge on any atom is -0.379 e. The monoisotopic (exact) mass is 317 g/mol. The molecular weight excluding hydrogens is 302 g/mol. The summed E-state index contributed by atoms with van der Waals surface area (Å²) in [5.41, 5.74) is 0.866. The van der Waals surface area contributed by atoms with E-state index in [-0.39, 0.29) is 11.2 Å². The molecule has 1 saturated heterocycles. The molecule has 1 aliphatic heterocycles. The van der Waals surface area contributed by atoms with Gasteiger partial charge in [-0.3, -0.25) is 4.21 Å². The topological polar surface area (TPSA) is 101 Å². The second-order valence-electron chi connectivity index (χ2n) is 5.07. The molecular formula is C14H15N5O2S. The summed E-state index contributed by atoms with van der Waals surface area (Å²) < 4.78 is 17.0. The summed E-state index contributed by atoms with van der Waals surface area (Å²) in [6, 6.07) is 3.79. The molecule has 0 saturated carbocycles. The highest BCUT2D eigenvalue weighted by molar-refractivity contribution is 7.84. The molecule has 2 aromatic heterocycles. The summed E-state index contributed by atoms with van der Waals surface area (Å²) in [6.07, 6.45) is 5.05. The van der Waals surface area contributed by atoms with E-state index in [1.54, 1.807) is 12.3 Å². The third-order valence-electron chi connectivity index (χ3n) is 3.42. The summed E-state index contributed by atoms with van der Waals surface area (Å²) in [7, 11) is -1.27. The van der Waals surface area contributed by atoms with Gasteiger partial charge in [-0.15, -0.1) is 0 Å². The van der Waals surface area contributed by atoms with Crippen molar-refractivity contribution in [2.24, 2.45) is 0 Å². The second-order valence-corrected chi connectivity index (χ2v) is 6.34. The highest BCUT2D eigenvalue weighted by Crippen LogP contribution is 2.23. The Kier molecular flexibility index (Phi) is 4.27. The van der Waals surface area contributed by atoms with Crippen LogP contribution in [0.5, 0.6) is 0 Å². The number of nitrogens with one attached hydrogen (secondary N) is 1. The standard InChI is InChI=1S/C14H15N5O2S/c1-22(20)14-16-7-9-5-11(6-15)18-13(12(9)19-14)17-10-3-2-4-21-8-10/h5,7,10H,2-4,8H2,1H3,(H,17,18)/t10-,22?/m1/s1. The third kappa shape index (κ3) is 3.05. The van der Waals surface area contributed by atoms with Gasteiger partial charge in [0.2, 0.25) is 5.16 Å². The van der Waals surface area contributed by atoms with Crippen LogP contribution in [0.25, 0.3) is 10.9 Å². The van der Waals surface area contributed by atoms with Gasteiger partial charge in [0.25, 0.3) is 0 Å². The summed E-state index contributed by atoms with van der Waals surface area (Å²) in [5, 5.41) is 13.4. The first-order valence-corrected chi connectivity index (χ1v) is 8.49. The number of aromatic nitrogens is 3. The SMILES string of the molecule is CS(=O)c1ncc2cc(C#N)nc(N[C@@H]3CCCOC3)c2n1. The first-order chi connectivity index (χ1) is 10.7. The van der Waals surface area contributed by atoms with Crippen molar-refractivity contribution in [3.63, 3.8) is 0 Å². The number of pyridine rings is 1. The van der Waals surface area contributed by atoms with E-state index in [4.69, 9.17) is 10.00 Å². The van der Waals surface area contributed by atoms with E-state index in [1.165, 1.54) is 6.26 Å². The molecule has 8 heteroatoms. The summed E-state index contributed by atoms with van der Waals surface area (Å²) >= 11 is 0. The Labute approximate surface area is 130 Å². The quantitative estimate of drug-likeness (QED) is 0.849. The zero-order valence-electron chi connectivity index (χ0n) is 12.1. The lowest BCUT2D eigenvalue weighted by atomic mass is 10.1. The van der Waals surface area contributed by atoms with Crippen LogP contribution in [0.1, 0.15) is 18.5 Å². The van der Waals surface area contributed by atoms with E-state index in [0.717, 1.165) is 19.4 Å². The summed E-state index contributed by atoms with van der Waals surface area (Å²) in [6.45, 7) is 1.36. The van der Waals surface area contributed by atoms with E-state index in [2.05, 4.69) is 20.3 Å². The van der Waals surface area contributed by atoms with Crippen LogP contribution in [0.2, 0.25) is 0 Å². The van der Waals surface area contributed by atoms with Crippen molar-refractivity contribution < 1.29 is 8.95 Å². The van der Waals surface area contributed by atoms with Gasteiger partial charge in [0, 0.05) is 24.4 Å². The number of nitrogens with zero attached hydrogens (tertiary/aromatic N) is 4. The Morgan fingerprint density at radius 3 is 3.05 bits per heavy atom. The zero-order valence-corrected chi connectivity index (χ0v) is 12.9. The average Bonchev–Trinajstić information content (AvgIpc) is 2.55. The van der Waals surface area contributed by atoms with E-state index >= 15 is 0 Å². The van der Waals surface area contributed by atoms with Gasteiger partial charge in [-0.2, -0.15) is 5.26 Å². The maximum atomic E-state index is 11.6. The van der Waals surface area contributed by atoms with Gasteiger partial charge in [-0.25, -0.2) is 15.0 Å². The molecule has 1 N–H and O–H groups in total. The molecule has 1 aliphatic rings. The highest BCUT2D eigenvalue weighted by atomic mass is 32.2. The predicted octanol–water partition coefficient (Wildman–Crippen LogP) is 1.22. The average molecular weight is 317 g/mol. The van der Waals surface area contributed by atoms with Crippen molar-refractivity contribution in [3.05, 3.63) is 18.0 Å². The number of nitriles is 1. The lowest BCUT2D eigenvalue weighted by molar-refractivity contribution is 0.0875. The predicted molar refractivity (Wildman–Crippen MR) is 81.8 cm³/mol. The fraction of sp³-hybridized carbons (Fsp3) is 0.429. The second kappa shape index (κ2) is 6.34. The zero-order chi connectivity index (χ0) is 15.5. The normalized spacial score (nSPS) is 19.5. The van der Waals surface area contributed by atoms with E-state index in [1.807, 2.05) is 6.07 Å². The van der Waals surface area contributed by atoms with Crippen LogP contribution < -0.4 is 5.32 Å². The van der Waals surface area contributed by atoms with Crippen LogP contribution in [-0.4, -0.2) is 44.7 Å². The van der Waals surface area contributed by atoms with Crippen LogP contribution >= 0.6 is 0 Å². The van der Waals surface area contributed by atoms with Gasteiger partial charge >= 0.3 is 0 Å². The number of ether oxygens (including phenoxy) is 1. The number of anilines is 1. The molecule has 22 heavy (non-hydrogen) atoms. The van der Waals surface area contributed by atoms with E-state index in [0.29, 0.717) is 29.0 Å². The molecule has 2 atom stereocenters. The third-order valence-corrected chi connectivity index (χ3v) is 4.13. The number of hydrogen-bond acceptors (Lipinski definition) is 7. The van der Waals surface area contributed by atoms with Gasteiger partial charge in [0.1, 0.15) is 17.3 Å². The summed E-state index contributed by atoms with van der Waals surface area (Å²) in [4.78, 5) is 12.7. The van der Waals surface area contributed by atoms with Crippen molar-refractivity contribution in [2.45, 2.75) is 24.0 Å². The van der Waals surface area contributed by atoms with Crippen LogP contribution in [-0.2, 0) is 15.5 Å². The van der Waals surface area contributed by atoms with Crippen molar-refractivity contribution in [3.8, 4) is 6.07 Å². The van der Waals surface area contributed by atoms with E-state index < -0.39 is 10.8 Å². The minimum atomic E-state index is -1.27. The van der Waals surface area contributed by atoms with Crippen molar-refractivity contribution in [1.29, 1.82) is 5.26 Å². The first kappa shape index (κ1) is 14.8. The Hall–Kier alpha value is -2.11. The van der Waals surface area contributed by atoms with Crippen molar-refractivity contribution in [1.82, 2.24) is 15.0 Å². The van der Waals surface area contributed by atoms with Gasteiger partial charge in [0.15, 0.2) is 5.82 Å². The Morgan fingerprint density at radius 2 is 2.36 bits per heavy atom. The van der Waals surface area contributed by atoms with Gasteiger partial charge < -0.3 is 10.1 Å². The minimum absolute atomic E-state index is 0.129. The molecule has 1 fully saturated rings. The van der Waals surface area contributed by atoms with Crippen molar-refractivity contribution >= 4 is 27.5 Å². The first-order valence-electron chi connectivity index (χ1n) is 6.93. The molecule has 0 aromatic carbocycles. The van der Waals surface area contributed by atoms with Crippen molar-refractivity contribution in [2.75, 3.05) is 24.8 Å². The maximum absolute atomic E-state index is 11.6. The smallest absolute Gasteiger partial charge is 0.218 e. The van der Waals surface area contributed by atoms with Crippen LogP contribution in [0, 0.1) is 11.3 Å². The largest absolute Gasteiger partial charge is 0.379 e. The lowest BCUT2D eigenvalue weighted by Gasteiger charge is -2.24. The Bertz CT molecular complexity index is 768. The van der Waals surface area contributed by atoms with Crippen LogP contribution in [0.3, 0.4) is 0 Å². The van der Waals surface area contributed by atoms with Crippen LogP contribution in [0.4, 0.5) is 5.82 Å². The molecule has 0 aliphatic carbocycles. The summed E-state index contributed by atoms with van der Waals surface area (Å²) in [5.74, 6) is 0.513. The molecule has 3 rings (SSSR count). The molecule has 3 heterocycles. The number of hydrogen-bond donors (Lipinski definition) is 1.